The summed E-state index contributed by atoms with van der Waals surface area (Å²) in [7, 11) is 3.92. The molecule has 1 rings (SSSR count). The number of nitrogens with zero attached hydrogens (tertiary/aromatic N) is 2. The van der Waals surface area contributed by atoms with Crippen LogP contribution in [0.2, 0.25) is 0 Å². The molecule has 1 atom stereocenters. The lowest BCUT2D eigenvalue weighted by Gasteiger charge is -2.35. The van der Waals surface area contributed by atoms with Crippen LogP contribution in [0.5, 0.6) is 0 Å². The smallest absolute Gasteiger partial charge is 0.0630 e. The fourth-order valence-corrected chi connectivity index (χ4v) is 1.95. The predicted molar refractivity (Wildman–Crippen MR) is 53.9 cm³/mol. The number of likely N-dealkylation sites (N-methyl/N-ethyl adjacent to an activating group) is 1. The molecule has 0 amide bonds. The van der Waals surface area contributed by atoms with E-state index < -0.39 is 0 Å². The van der Waals surface area contributed by atoms with Crippen molar-refractivity contribution in [2.24, 2.45) is 0 Å². The molecule has 0 spiro atoms. The third kappa shape index (κ3) is 2.85. The Labute approximate surface area is 82.2 Å². The lowest BCUT2D eigenvalue weighted by Crippen LogP contribution is -2.49. The molecule has 1 heterocycles. The van der Waals surface area contributed by atoms with Gasteiger partial charge < -0.3 is 4.74 Å². The highest BCUT2D eigenvalue weighted by Crippen LogP contribution is 2.11. The van der Waals surface area contributed by atoms with Crippen molar-refractivity contribution in [2.45, 2.75) is 6.04 Å². The highest BCUT2D eigenvalue weighted by Gasteiger charge is 2.22. The zero-order valence-electron chi connectivity index (χ0n) is 7.09. The van der Waals surface area contributed by atoms with Crippen LogP contribution in [0, 0.1) is 0 Å². The minimum absolute atomic E-state index is 0.575. The van der Waals surface area contributed by atoms with E-state index in [4.69, 9.17) is 4.74 Å². The molecule has 1 unspecified atom stereocenters. The van der Waals surface area contributed by atoms with Crippen LogP contribution in [-0.4, -0.2) is 54.5 Å². The number of hydrogen-bond acceptors (Lipinski definition) is 3. The van der Waals surface area contributed by atoms with Gasteiger partial charge in [0.25, 0.3) is 0 Å². The molecule has 4 heteroatoms. The van der Waals surface area contributed by atoms with Gasteiger partial charge in [0.1, 0.15) is 0 Å². The van der Waals surface area contributed by atoms with Gasteiger partial charge in [-0.15, -0.1) is 0 Å². The maximum absolute atomic E-state index is 5.13. The van der Waals surface area contributed by atoms with Crippen LogP contribution >= 0.6 is 22.9 Å². The van der Waals surface area contributed by atoms with Crippen LogP contribution in [0.25, 0.3) is 0 Å². The molecule has 1 aliphatic rings. The molecule has 3 nitrogen and oxygen atoms in total. The molecule has 0 aliphatic carbocycles. The zero-order chi connectivity index (χ0) is 8.27. The lowest BCUT2D eigenvalue weighted by atomic mass is 10.2. The van der Waals surface area contributed by atoms with Crippen molar-refractivity contribution in [2.75, 3.05) is 40.4 Å². The number of methoxy groups -OCH3 is 1. The quantitative estimate of drug-likeness (QED) is 0.540. The van der Waals surface area contributed by atoms with E-state index in [1.54, 1.807) is 7.11 Å². The molecule has 0 radical (unpaired) electrons. The molecule has 0 bridgehead atoms. The monoisotopic (exact) mass is 270 g/mol. The van der Waals surface area contributed by atoms with E-state index in [1.165, 1.54) is 0 Å². The van der Waals surface area contributed by atoms with Crippen molar-refractivity contribution in [3.63, 3.8) is 0 Å². The first kappa shape index (κ1) is 9.70. The molecule has 0 N–H and O–H groups in total. The van der Waals surface area contributed by atoms with E-state index in [2.05, 4.69) is 37.9 Å². The second-order valence-electron chi connectivity index (χ2n) is 2.96. The normalized spacial score (nSPS) is 29.2. The molecule has 66 valence electrons. The molecule has 1 fully saturated rings. The Kier molecular flexibility index (Phi) is 4.05. The van der Waals surface area contributed by atoms with Crippen molar-refractivity contribution in [1.29, 1.82) is 0 Å². The van der Waals surface area contributed by atoms with Gasteiger partial charge in [-0.2, -0.15) is 0 Å². The average Bonchev–Trinajstić information content (AvgIpc) is 1.98. The molecule has 0 aromatic carbocycles. The van der Waals surface area contributed by atoms with E-state index in [1.807, 2.05) is 0 Å². The minimum atomic E-state index is 0.575. The Bertz CT molecular complexity index is 123. The molecule has 0 saturated carbocycles. The van der Waals surface area contributed by atoms with Crippen molar-refractivity contribution >= 4 is 22.9 Å². The van der Waals surface area contributed by atoms with Gasteiger partial charge in [-0.3, -0.25) is 4.90 Å². The number of halogens is 1. The summed E-state index contributed by atoms with van der Waals surface area (Å²) < 4.78 is 7.45. The lowest BCUT2D eigenvalue weighted by molar-refractivity contribution is 0.0746. The number of hydrogen-bond donors (Lipinski definition) is 0. The van der Waals surface area contributed by atoms with Crippen LogP contribution in [-0.2, 0) is 4.74 Å². The summed E-state index contributed by atoms with van der Waals surface area (Å²) in [5.41, 5.74) is 0. The Hall–Kier alpha value is 0.610. The first-order chi connectivity index (χ1) is 5.24. The largest absolute Gasteiger partial charge is 0.383 e. The maximum atomic E-state index is 5.13. The molecule has 1 saturated heterocycles. The van der Waals surface area contributed by atoms with Crippen molar-refractivity contribution in [3.8, 4) is 0 Å². The summed E-state index contributed by atoms with van der Waals surface area (Å²) in [5.74, 6) is 0. The fourth-order valence-electron chi connectivity index (χ4n) is 1.28. The number of piperazine rings is 1. The first-order valence-corrected chi connectivity index (χ1v) is 4.80. The van der Waals surface area contributed by atoms with Gasteiger partial charge in [0, 0.05) is 55.7 Å². The Morgan fingerprint density at radius 2 is 2.27 bits per heavy atom. The van der Waals surface area contributed by atoms with Gasteiger partial charge in [-0.1, -0.05) is 0 Å². The van der Waals surface area contributed by atoms with Gasteiger partial charge >= 0.3 is 0 Å². The van der Waals surface area contributed by atoms with Gasteiger partial charge in [0.05, 0.1) is 6.61 Å². The van der Waals surface area contributed by atoms with Gasteiger partial charge in [-0.25, -0.2) is 3.11 Å². The fraction of sp³-hybridized carbons (Fsp3) is 1.00. The molecule has 0 aromatic heterocycles. The molecule has 0 aromatic rings. The summed E-state index contributed by atoms with van der Waals surface area (Å²) >= 11 is 2.37. The highest BCUT2D eigenvalue weighted by molar-refractivity contribution is 14.1. The summed E-state index contributed by atoms with van der Waals surface area (Å²) in [6, 6.07) is 0.575. The van der Waals surface area contributed by atoms with E-state index in [0.717, 1.165) is 26.2 Å². The van der Waals surface area contributed by atoms with Crippen molar-refractivity contribution < 1.29 is 4.74 Å². The van der Waals surface area contributed by atoms with Gasteiger partial charge in [0.2, 0.25) is 0 Å². The van der Waals surface area contributed by atoms with Gasteiger partial charge in [0.15, 0.2) is 0 Å². The van der Waals surface area contributed by atoms with Crippen LogP contribution in [0.15, 0.2) is 0 Å². The minimum Gasteiger partial charge on any atom is -0.383 e. The standard InChI is InChI=1S/C7H15IN2O/c1-9-3-4-10(8)5-7(9)6-11-2/h7H,3-6H2,1-2H3. The highest BCUT2D eigenvalue weighted by atomic mass is 127. The van der Waals surface area contributed by atoms with Crippen LogP contribution in [0.3, 0.4) is 0 Å². The van der Waals surface area contributed by atoms with Crippen molar-refractivity contribution in [3.05, 3.63) is 0 Å². The average molecular weight is 270 g/mol. The summed E-state index contributed by atoms with van der Waals surface area (Å²) in [6.45, 7) is 4.27. The summed E-state index contributed by atoms with van der Waals surface area (Å²) in [5, 5.41) is 0. The van der Waals surface area contributed by atoms with Crippen LogP contribution < -0.4 is 0 Å². The van der Waals surface area contributed by atoms with Crippen molar-refractivity contribution in [1.82, 2.24) is 8.01 Å². The SMILES string of the molecule is COCC1CN(I)CCN1C. The predicted octanol–water partition coefficient (Wildman–Crippen LogP) is 0.599. The second kappa shape index (κ2) is 4.59. The van der Waals surface area contributed by atoms with Gasteiger partial charge in [-0.05, 0) is 7.05 Å². The third-order valence-corrected chi connectivity index (χ3v) is 2.96. The molecular formula is C7H15IN2O. The van der Waals surface area contributed by atoms with E-state index in [9.17, 15) is 0 Å². The summed E-state index contributed by atoms with van der Waals surface area (Å²) in [4.78, 5) is 2.36. The molecular weight excluding hydrogens is 255 g/mol. The Balaban J connectivity index is 2.34. The van der Waals surface area contributed by atoms with E-state index in [0.29, 0.717) is 6.04 Å². The van der Waals surface area contributed by atoms with E-state index in [-0.39, 0.29) is 0 Å². The van der Waals surface area contributed by atoms with Crippen LogP contribution in [0.1, 0.15) is 0 Å². The second-order valence-corrected chi connectivity index (χ2v) is 4.32. The third-order valence-electron chi connectivity index (χ3n) is 2.09. The number of rotatable bonds is 2. The molecule has 1 aliphatic heterocycles. The summed E-state index contributed by atoms with van der Waals surface area (Å²) in [6.07, 6.45) is 0. The maximum Gasteiger partial charge on any atom is 0.0630 e. The van der Waals surface area contributed by atoms with Crippen LogP contribution in [0.4, 0.5) is 0 Å². The van der Waals surface area contributed by atoms with E-state index >= 15 is 0 Å². The first-order valence-electron chi connectivity index (χ1n) is 3.84. The Morgan fingerprint density at radius 3 is 2.91 bits per heavy atom. The Morgan fingerprint density at radius 1 is 1.55 bits per heavy atom. The zero-order valence-corrected chi connectivity index (χ0v) is 9.24. The topological polar surface area (TPSA) is 15.7 Å². The number of ether oxygens (including phenoxy) is 1. The molecule has 11 heavy (non-hydrogen) atoms.